The number of pyridine rings is 2. The summed E-state index contributed by atoms with van der Waals surface area (Å²) in [5.74, 6) is -1.70. The van der Waals surface area contributed by atoms with Gasteiger partial charge in [-0.3, -0.25) is 14.8 Å². The number of nitrogens with one attached hydrogen (secondary N) is 1. The van der Waals surface area contributed by atoms with Crippen LogP contribution in [0.25, 0.3) is 22.9 Å². The molecule has 4 aromatic heterocycles. The fourth-order valence-corrected chi connectivity index (χ4v) is 9.12. The molecule has 8 aromatic rings. The largest absolute Gasteiger partial charge is 0.478 e. The molecule has 0 aliphatic carbocycles. The van der Waals surface area contributed by atoms with Gasteiger partial charge in [0.05, 0.1) is 37.9 Å². The van der Waals surface area contributed by atoms with E-state index in [-0.39, 0.29) is 56.0 Å². The number of nitrogens with zero attached hydrogens (tertiary/aromatic N) is 4. The van der Waals surface area contributed by atoms with Gasteiger partial charge in [-0.1, -0.05) is 12.1 Å². The fourth-order valence-electron chi connectivity index (χ4n) is 6.43. The first kappa shape index (κ1) is 54.3. The van der Waals surface area contributed by atoms with E-state index in [2.05, 4.69) is 25.3 Å². The number of aryl methyl sites for hydroxylation is 2. The average Bonchev–Trinajstić information content (AvgIpc) is 3.92. The molecule has 4 aromatic carbocycles. The summed E-state index contributed by atoms with van der Waals surface area (Å²) < 4.78 is 138. The number of hydrogen-bond donors (Lipinski definition) is 3. The Hall–Kier alpha value is -8.02. The molecule has 0 saturated carbocycles. The van der Waals surface area contributed by atoms with Crippen molar-refractivity contribution < 1.29 is 66.7 Å². The van der Waals surface area contributed by atoms with E-state index >= 15 is 0 Å². The Kier molecular flexibility index (Phi) is 17.1. The van der Waals surface area contributed by atoms with Crippen LogP contribution in [-0.4, -0.2) is 53.8 Å². The van der Waals surface area contributed by atoms with E-state index in [1.54, 1.807) is 62.0 Å². The van der Waals surface area contributed by atoms with Gasteiger partial charge in [-0.15, -0.1) is 0 Å². The highest BCUT2D eigenvalue weighted by Gasteiger charge is 2.32. The number of oxazole rings is 2. The molecule has 1 amide bonds. The van der Waals surface area contributed by atoms with Crippen molar-refractivity contribution in [1.82, 2.24) is 25.3 Å². The van der Waals surface area contributed by atoms with E-state index in [1.807, 2.05) is 18.2 Å². The number of amides is 1. The maximum absolute atomic E-state index is 12.8. The lowest BCUT2D eigenvalue weighted by molar-refractivity contribution is -0.138. The molecule has 0 unspecified atom stereocenters. The highest BCUT2D eigenvalue weighted by atomic mass is 32.2. The maximum atomic E-state index is 12.8. The van der Waals surface area contributed by atoms with Crippen LogP contribution in [0.1, 0.15) is 65.9 Å². The number of halogens is 6. The highest BCUT2D eigenvalue weighted by Crippen LogP contribution is 2.33. The number of carbonyl (C=O) groups excluding carboxylic acids is 1. The van der Waals surface area contributed by atoms with Crippen LogP contribution in [0.4, 0.5) is 26.3 Å². The molecule has 0 radical (unpaired) electrons. The Morgan fingerprint density at radius 1 is 0.589 bits per heavy atom. The van der Waals surface area contributed by atoms with Crippen LogP contribution < -0.4 is 11.1 Å². The molecule has 0 aliphatic rings. The molecule has 15 nitrogen and oxygen atoms in total. The minimum absolute atomic E-state index is 0.0714. The van der Waals surface area contributed by atoms with Crippen LogP contribution >= 0.6 is 0 Å². The number of carboxylic acids is 1. The third-order valence-electron chi connectivity index (χ3n) is 10.4. The van der Waals surface area contributed by atoms with E-state index in [1.165, 1.54) is 31.2 Å². The fraction of sp³-hybridized carbons (Fsp3) is 0.160. The summed E-state index contributed by atoms with van der Waals surface area (Å²) in [5.41, 5.74) is 7.09. The molecule has 0 atom stereocenters. The topological polar surface area (TPSA) is 239 Å². The number of alkyl halides is 6. The van der Waals surface area contributed by atoms with Gasteiger partial charge < -0.3 is 25.0 Å². The van der Waals surface area contributed by atoms with Crippen LogP contribution in [0.15, 0.2) is 165 Å². The van der Waals surface area contributed by atoms with Crippen molar-refractivity contribution in [3.05, 3.63) is 202 Å². The lowest BCUT2D eigenvalue weighted by atomic mass is 10.1. The normalized spacial score (nSPS) is 11.7. The Morgan fingerprint density at radius 3 is 1.33 bits per heavy atom. The van der Waals surface area contributed by atoms with Gasteiger partial charge in [0.2, 0.25) is 11.8 Å². The standard InChI is InChI=1S/C25H20F3N3O4S.C19H14F3NO5S.C6H8N2/c1-16-22(15-36(33,34)21-10-8-20(9-11-21)25(26,27)28)31-24(35-16)19-6-4-18(5-7-19)23(32)30-14-17-3-2-12-29-13-17;1-11-16(23-17(28-11)12-2-4-13(5-3-12)18(24)25)10-29(26,27)15-8-6-14(7-9-15)19(20,21)22;7-4-6-2-1-3-8-5-6/h2-13H,14-15H2,1H3,(H,30,32);2-9H,10H2,1H3,(H,24,25);1-3,5H,4,7H2. The summed E-state index contributed by atoms with van der Waals surface area (Å²) in [6.45, 7) is 3.96. The van der Waals surface area contributed by atoms with Crippen LogP contribution in [0, 0.1) is 13.8 Å². The second kappa shape index (κ2) is 23.0. The monoisotopic (exact) mass is 1050 g/mol. The number of rotatable bonds is 13. The molecule has 4 heterocycles. The predicted molar refractivity (Wildman–Crippen MR) is 253 cm³/mol. The molecule has 0 aliphatic heterocycles. The predicted octanol–water partition coefficient (Wildman–Crippen LogP) is 9.85. The number of carboxylic acid groups (broad SMARTS) is 1. The Labute approximate surface area is 413 Å². The van der Waals surface area contributed by atoms with Gasteiger partial charge in [-0.05, 0) is 134 Å². The minimum Gasteiger partial charge on any atom is -0.478 e. The van der Waals surface area contributed by atoms with Crippen molar-refractivity contribution in [3.8, 4) is 22.9 Å². The second-order valence-electron chi connectivity index (χ2n) is 15.7. The molecule has 380 valence electrons. The van der Waals surface area contributed by atoms with Crippen LogP contribution in [0.3, 0.4) is 0 Å². The second-order valence-corrected chi connectivity index (χ2v) is 19.7. The first-order valence-corrected chi connectivity index (χ1v) is 24.7. The summed E-state index contributed by atoms with van der Waals surface area (Å²) in [6, 6.07) is 26.0. The van der Waals surface area contributed by atoms with Crippen molar-refractivity contribution in [3.63, 3.8) is 0 Å². The maximum Gasteiger partial charge on any atom is 0.416 e. The summed E-state index contributed by atoms with van der Waals surface area (Å²) in [7, 11) is -7.91. The van der Waals surface area contributed by atoms with Crippen LogP contribution in [0.5, 0.6) is 0 Å². The van der Waals surface area contributed by atoms with Crippen molar-refractivity contribution in [2.45, 2.75) is 60.6 Å². The summed E-state index contributed by atoms with van der Waals surface area (Å²) in [4.78, 5) is 39.1. The van der Waals surface area contributed by atoms with E-state index < -0.39 is 60.6 Å². The van der Waals surface area contributed by atoms with Crippen molar-refractivity contribution in [2.24, 2.45) is 5.73 Å². The molecule has 8 rings (SSSR count). The molecule has 0 fully saturated rings. The molecule has 0 saturated heterocycles. The van der Waals surface area contributed by atoms with Crippen molar-refractivity contribution >= 4 is 31.6 Å². The number of carbonyl (C=O) groups is 2. The number of aromatic nitrogens is 4. The zero-order valence-electron chi connectivity index (χ0n) is 38.3. The average molecular weight is 1050 g/mol. The third-order valence-corrected chi connectivity index (χ3v) is 13.7. The number of aromatic carboxylic acids is 1. The van der Waals surface area contributed by atoms with Gasteiger partial charge in [0.1, 0.15) is 23.0 Å². The van der Waals surface area contributed by atoms with Gasteiger partial charge >= 0.3 is 18.3 Å². The van der Waals surface area contributed by atoms with Gasteiger partial charge in [-0.2, -0.15) is 26.3 Å². The van der Waals surface area contributed by atoms with Crippen molar-refractivity contribution in [1.29, 1.82) is 0 Å². The zero-order chi connectivity index (χ0) is 53.1. The van der Waals surface area contributed by atoms with Crippen LogP contribution in [-0.2, 0) is 56.6 Å². The summed E-state index contributed by atoms with van der Waals surface area (Å²) >= 11 is 0. The van der Waals surface area contributed by atoms with Gasteiger partial charge in [0.25, 0.3) is 5.91 Å². The Morgan fingerprint density at radius 2 is 0.986 bits per heavy atom. The van der Waals surface area contributed by atoms with Gasteiger partial charge in [-0.25, -0.2) is 31.6 Å². The molecule has 4 N–H and O–H groups in total. The molecular formula is C50H42F6N6O9S2. The van der Waals surface area contributed by atoms with Gasteiger partial charge in [0.15, 0.2) is 19.7 Å². The van der Waals surface area contributed by atoms with Crippen LogP contribution in [0.2, 0.25) is 0 Å². The number of nitrogens with two attached hydrogens (primary N) is 1. The van der Waals surface area contributed by atoms with Crippen molar-refractivity contribution in [2.75, 3.05) is 0 Å². The first-order chi connectivity index (χ1) is 34.4. The lowest BCUT2D eigenvalue weighted by Gasteiger charge is -2.08. The number of hydrogen-bond acceptors (Lipinski definition) is 13. The summed E-state index contributed by atoms with van der Waals surface area (Å²) in [5, 5.41) is 11.7. The van der Waals surface area contributed by atoms with E-state index in [4.69, 9.17) is 19.7 Å². The lowest BCUT2D eigenvalue weighted by Crippen LogP contribution is -2.22. The smallest absolute Gasteiger partial charge is 0.416 e. The first-order valence-electron chi connectivity index (χ1n) is 21.4. The Balaban J connectivity index is 0.000000210. The van der Waals surface area contributed by atoms with E-state index in [0.29, 0.717) is 41.9 Å². The Bertz CT molecular complexity index is 3370. The molecule has 0 bridgehead atoms. The van der Waals surface area contributed by atoms with E-state index in [0.717, 1.165) is 47.5 Å². The molecule has 73 heavy (non-hydrogen) atoms. The van der Waals surface area contributed by atoms with E-state index in [9.17, 15) is 52.8 Å². The summed E-state index contributed by atoms with van der Waals surface area (Å²) in [6.07, 6.45) is -2.32. The SMILES string of the molecule is Cc1oc(-c2ccc(C(=O)NCc3cccnc3)cc2)nc1CS(=O)(=O)c1ccc(C(F)(F)F)cc1.Cc1oc(-c2ccc(C(=O)O)cc2)nc1CS(=O)(=O)c1ccc(C(F)(F)F)cc1.NCc1cccnc1. The quantitative estimate of drug-likeness (QED) is 0.0911. The third kappa shape index (κ3) is 14.8. The molecule has 23 heteroatoms. The van der Waals surface area contributed by atoms with Gasteiger partial charge in [0, 0.05) is 54.6 Å². The number of sulfone groups is 2. The zero-order valence-corrected chi connectivity index (χ0v) is 40.0. The number of benzene rings is 4. The molecular weight excluding hydrogens is 1010 g/mol. The molecule has 0 spiro atoms. The minimum atomic E-state index is -4.56. The highest BCUT2D eigenvalue weighted by molar-refractivity contribution is 7.91.